The van der Waals surface area contributed by atoms with E-state index in [1.807, 2.05) is 5.51 Å². The molecule has 1 radical (unpaired) electrons. The average Bonchev–Trinajstić information content (AvgIpc) is 2.91. The van der Waals surface area contributed by atoms with Crippen molar-refractivity contribution in [2.45, 2.75) is 46.5 Å². The number of rotatable bonds is 5. The second-order valence-electron chi connectivity index (χ2n) is 4.53. The molecule has 2 aromatic rings. The van der Waals surface area contributed by atoms with Gasteiger partial charge in [-0.05, 0) is 41.5 Å². The average molecular weight is 258 g/mol. The maximum atomic E-state index is 4.37. The summed E-state index contributed by atoms with van der Waals surface area (Å²) in [6.45, 7) is 6.70. The second-order valence-corrected chi connectivity index (χ2v) is 5.18. The van der Waals surface area contributed by atoms with E-state index < -0.39 is 0 Å². The summed E-state index contributed by atoms with van der Waals surface area (Å²) in [7, 11) is 0. The molecule has 0 saturated carbocycles. The first-order valence-electron chi connectivity index (χ1n) is 6.72. The lowest BCUT2D eigenvalue weighted by Crippen LogP contribution is -2.02. The van der Waals surface area contributed by atoms with Gasteiger partial charge in [-0.25, -0.2) is 4.98 Å². The molecule has 0 atom stereocenters. The molecule has 0 spiro atoms. The number of aryl methyl sites for hydroxylation is 3. The Morgan fingerprint density at radius 3 is 2.17 bits per heavy atom. The standard InChI is InChI=1S/C16H20NS/c1-4-12-7-13(5-2)16(14(6-3)8-12)9-15-10-18-11-17-15/h7-8,11H,4-6,9H2,1-3H3. The monoisotopic (exact) mass is 258 g/mol. The predicted molar refractivity (Wildman–Crippen MR) is 78.3 cm³/mol. The van der Waals surface area contributed by atoms with E-state index in [0.29, 0.717) is 0 Å². The molecule has 0 saturated heterocycles. The quantitative estimate of drug-likeness (QED) is 0.782. The highest BCUT2D eigenvalue weighted by atomic mass is 32.1. The fraction of sp³-hybridized carbons (Fsp3) is 0.438. The van der Waals surface area contributed by atoms with Crippen LogP contribution in [0.4, 0.5) is 0 Å². The van der Waals surface area contributed by atoms with Gasteiger partial charge in [-0.3, -0.25) is 0 Å². The van der Waals surface area contributed by atoms with E-state index in [0.717, 1.165) is 31.4 Å². The summed E-state index contributed by atoms with van der Waals surface area (Å²) in [6.07, 6.45) is 4.24. The van der Waals surface area contributed by atoms with Crippen molar-refractivity contribution >= 4 is 11.3 Å². The van der Waals surface area contributed by atoms with Gasteiger partial charge in [0.15, 0.2) is 0 Å². The van der Waals surface area contributed by atoms with Gasteiger partial charge in [0.1, 0.15) is 0 Å². The van der Waals surface area contributed by atoms with E-state index >= 15 is 0 Å². The minimum absolute atomic E-state index is 0.930. The molecule has 0 amide bonds. The Morgan fingerprint density at radius 1 is 1.06 bits per heavy atom. The molecule has 0 N–H and O–H groups in total. The van der Waals surface area contributed by atoms with Crippen LogP contribution in [0.1, 0.15) is 48.7 Å². The number of thiazole rings is 1. The molecule has 1 aromatic heterocycles. The van der Waals surface area contributed by atoms with Gasteiger partial charge in [-0.15, -0.1) is 11.3 Å². The van der Waals surface area contributed by atoms with Crippen molar-refractivity contribution in [3.63, 3.8) is 0 Å². The SMILES string of the molecule is CCc1cc(CC)c(Cc2[c]scn2)c(CC)c1. The Hall–Kier alpha value is -1.15. The molecule has 95 valence electrons. The zero-order valence-corrected chi connectivity index (χ0v) is 12.2. The van der Waals surface area contributed by atoms with Gasteiger partial charge >= 0.3 is 0 Å². The maximum Gasteiger partial charge on any atom is 0.0801 e. The highest BCUT2D eigenvalue weighted by Crippen LogP contribution is 2.23. The van der Waals surface area contributed by atoms with Crippen molar-refractivity contribution < 1.29 is 0 Å². The first-order valence-corrected chi connectivity index (χ1v) is 7.60. The molecular weight excluding hydrogens is 238 g/mol. The van der Waals surface area contributed by atoms with Gasteiger partial charge < -0.3 is 0 Å². The van der Waals surface area contributed by atoms with Crippen LogP contribution in [-0.4, -0.2) is 4.98 Å². The summed E-state index contributed by atoms with van der Waals surface area (Å²) in [5.74, 6) is 0. The van der Waals surface area contributed by atoms with Crippen molar-refractivity contribution in [3.8, 4) is 0 Å². The molecule has 0 aliphatic heterocycles. The highest BCUT2D eigenvalue weighted by Gasteiger charge is 2.10. The molecule has 2 heteroatoms. The minimum Gasteiger partial charge on any atom is -0.249 e. The van der Waals surface area contributed by atoms with Gasteiger partial charge in [0.2, 0.25) is 0 Å². The van der Waals surface area contributed by atoms with Crippen LogP contribution in [0.25, 0.3) is 0 Å². The van der Waals surface area contributed by atoms with Gasteiger partial charge in [0, 0.05) is 6.42 Å². The third-order valence-electron chi connectivity index (χ3n) is 3.45. The summed E-state index contributed by atoms with van der Waals surface area (Å²) >= 11 is 1.56. The molecule has 0 fully saturated rings. The molecule has 0 unspecified atom stereocenters. The van der Waals surface area contributed by atoms with Crippen molar-refractivity contribution in [1.29, 1.82) is 0 Å². The smallest absolute Gasteiger partial charge is 0.0801 e. The molecule has 1 heterocycles. The Morgan fingerprint density at radius 2 is 1.72 bits per heavy atom. The molecule has 1 nitrogen and oxygen atoms in total. The molecule has 1 aromatic carbocycles. The number of aromatic nitrogens is 1. The fourth-order valence-corrected chi connectivity index (χ4v) is 2.89. The molecule has 0 aliphatic rings. The predicted octanol–water partition coefficient (Wildman–Crippen LogP) is 4.22. The maximum absolute atomic E-state index is 4.37. The van der Waals surface area contributed by atoms with Gasteiger partial charge in [0.05, 0.1) is 16.6 Å². The van der Waals surface area contributed by atoms with E-state index in [4.69, 9.17) is 0 Å². The zero-order valence-electron chi connectivity index (χ0n) is 11.4. The van der Waals surface area contributed by atoms with Crippen LogP contribution in [0.5, 0.6) is 0 Å². The van der Waals surface area contributed by atoms with E-state index in [9.17, 15) is 0 Å². The number of nitrogens with zero attached hydrogens (tertiary/aromatic N) is 1. The van der Waals surface area contributed by atoms with Crippen LogP contribution < -0.4 is 0 Å². The first kappa shape index (κ1) is 13.3. The molecular formula is C16H20NS. The molecule has 18 heavy (non-hydrogen) atoms. The Kier molecular flexibility index (Phi) is 4.54. The van der Waals surface area contributed by atoms with Crippen LogP contribution >= 0.6 is 11.3 Å². The second kappa shape index (κ2) is 6.14. The molecule has 2 rings (SSSR count). The van der Waals surface area contributed by atoms with Crippen molar-refractivity contribution in [2.24, 2.45) is 0 Å². The van der Waals surface area contributed by atoms with E-state index in [1.54, 1.807) is 11.3 Å². The Labute approximate surface area is 114 Å². The summed E-state index contributed by atoms with van der Waals surface area (Å²) in [5, 5.41) is 3.25. The normalized spacial score (nSPS) is 10.8. The number of hydrogen-bond acceptors (Lipinski definition) is 2. The van der Waals surface area contributed by atoms with Crippen molar-refractivity contribution in [1.82, 2.24) is 4.98 Å². The van der Waals surface area contributed by atoms with Crippen LogP contribution in [0, 0.1) is 5.38 Å². The van der Waals surface area contributed by atoms with Gasteiger partial charge in [-0.1, -0.05) is 32.9 Å². The molecule has 0 aliphatic carbocycles. The lowest BCUT2D eigenvalue weighted by molar-refractivity contribution is 0.964. The van der Waals surface area contributed by atoms with Gasteiger partial charge in [-0.2, -0.15) is 0 Å². The summed E-state index contributed by atoms with van der Waals surface area (Å²) in [6, 6.07) is 4.72. The minimum atomic E-state index is 0.930. The highest BCUT2D eigenvalue weighted by molar-refractivity contribution is 7.07. The Bertz CT molecular complexity index is 475. The van der Waals surface area contributed by atoms with E-state index in [-0.39, 0.29) is 0 Å². The van der Waals surface area contributed by atoms with E-state index in [1.165, 1.54) is 22.3 Å². The van der Waals surface area contributed by atoms with Gasteiger partial charge in [0.25, 0.3) is 0 Å². The molecule has 0 bridgehead atoms. The fourth-order valence-electron chi connectivity index (χ4n) is 2.39. The largest absolute Gasteiger partial charge is 0.249 e. The zero-order chi connectivity index (χ0) is 13.0. The van der Waals surface area contributed by atoms with Crippen LogP contribution in [0.3, 0.4) is 0 Å². The first-order chi connectivity index (χ1) is 8.78. The number of hydrogen-bond donors (Lipinski definition) is 0. The third-order valence-corrected chi connectivity index (χ3v) is 4.01. The van der Waals surface area contributed by atoms with Crippen LogP contribution in [0.2, 0.25) is 0 Å². The summed E-state index contributed by atoms with van der Waals surface area (Å²) < 4.78 is 0. The topological polar surface area (TPSA) is 12.9 Å². The number of benzene rings is 1. The summed E-state index contributed by atoms with van der Waals surface area (Å²) in [5.41, 5.74) is 8.83. The summed E-state index contributed by atoms with van der Waals surface area (Å²) in [4.78, 5) is 4.37. The van der Waals surface area contributed by atoms with E-state index in [2.05, 4.69) is 43.3 Å². The Balaban J connectivity index is 2.43. The van der Waals surface area contributed by atoms with Crippen LogP contribution in [0.15, 0.2) is 17.6 Å². The van der Waals surface area contributed by atoms with Crippen molar-refractivity contribution in [2.75, 3.05) is 0 Å². The third kappa shape index (κ3) is 2.81. The lowest BCUT2D eigenvalue weighted by atomic mass is 9.91. The van der Waals surface area contributed by atoms with Crippen LogP contribution in [-0.2, 0) is 25.7 Å². The van der Waals surface area contributed by atoms with Crippen molar-refractivity contribution in [3.05, 3.63) is 51.0 Å². The lowest BCUT2D eigenvalue weighted by Gasteiger charge is -2.14.